The minimum Gasteiger partial charge on any atom is -0.475 e. The third-order valence-corrected chi connectivity index (χ3v) is 5.29. The maximum atomic E-state index is 11.9. The molecule has 0 aromatic carbocycles. The molecule has 1 amide bonds. The second-order valence-corrected chi connectivity index (χ2v) is 10.0. The first kappa shape index (κ1) is 33.7. The lowest BCUT2D eigenvalue weighted by molar-refractivity contribution is 0.0519. The van der Waals surface area contributed by atoms with Gasteiger partial charge in [0.05, 0.1) is 30.2 Å². The van der Waals surface area contributed by atoms with Gasteiger partial charge in [-0.3, -0.25) is 4.79 Å². The zero-order valence-corrected chi connectivity index (χ0v) is 26.1. The number of rotatable bonds is 11. The highest BCUT2D eigenvalue weighted by molar-refractivity contribution is 6.30. The van der Waals surface area contributed by atoms with Gasteiger partial charge in [0.2, 0.25) is 11.8 Å². The number of pyridine rings is 2. The summed E-state index contributed by atoms with van der Waals surface area (Å²) >= 11 is 11.6. The Morgan fingerprint density at radius 2 is 1.23 bits per heavy atom. The van der Waals surface area contributed by atoms with Crippen LogP contribution in [0.4, 0.5) is 23.0 Å². The van der Waals surface area contributed by atoms with Crippen molar-refractivity contribution in [2.75, 3.05) is 17.2 Å². The zero-order valence-electron chi connectivity index (χ0n) is 24.5. The van der Waals surface area contributed by atoms with Crippen molar-refractivity contribution in [3.8, 4) is 11.8 Å². The molecular weight excluding hydrogens is 613 g/mol. The van der Waals surface area contributed by atoms with E-state index in [4.69, 9.17) is 43.1 Å². The van der Waals surface area contributed by atoms with Crippen molar-refractivity contribution in [2.45, 2.75) is 46.8 Å². The van der Waals surface area contributed by atoms with Crippen molar-refractivity contribution in [2.24, 2.45) is 5.73 Å². The largest absolute Gasteiger partial charge is 0.475 e. The quantitative estimate of drug-likeness (QED) is 0.177. The summed E-state index contributed by atoms with van der Waals surface area (Å²) in [5.74, 6) is 0.585. The third kappa shape index (κ3) is 10.5. The van der Waals surface area contributed by atoms with Gasteiger partial charge in [0.25, 0.3) is 5.91 Å². The number of amides is 1. The van der Waals surface area contributed by atoms with Crippen LogP contribution in [-0.2, 0) is 4.74 Å². The molecule has 16 heteroatoms. The highest BCUT2D eigenvalue weighted by atomic mass is 35.5. The van der Waals surface area contributed by atoms with Gasteiger partial charge in [0.1, 0.15) is 11.6 Å². The van der Waals surface area contributed by atoms with Crippen molar-refractivity contribution in [1.82, 2.24) is 30.4 Å². The van der Waals surface area contributed by atoms with E-state index in [1.807, 2.05) is 27.7 Å². The number of carbonyl (C=O) groups is 2. The number of carbonyl (C=O) groups excluding carboxylic acids is 2. The average Bonchev–Trinajstić information content (AvgIpc) is 2.93. The molecule has 0 fully saturated rings. The number of hydrogen-bond acceptors (Lipinski definition) is 13. The minimum atomic E-state index is -0.712. The van der Waals surface area contributed by atoms with Crippen LogP contribution in [0.2, 0.25) is 10.3 Å². The molecule has 0 saturated heterocycles. The Morgan fingerprint density at radius 1 is 0.773 bits per heavy atom. The Hall–Kier alpha value is -4.82. The van der Waals surface area contributed by atoms with Gasteiger partial charge in [-0.1, -0.05) is 35.3 Å². The molecular formula is C28H31Cl2N9O5. The maximum Gasteiger partial charge on any atom is 0.361 e. The molecule has 0 unspecified atom stereocenters. The molecule has 0 atom stereocenters. The first-order valence-electron chi connectivity index (χ1n) is 13.3. The van der Waals surface area contributed by atoms with Crippen molar-refractivity contribution >= 4 is 58.1 Å². The van der Waals surface area contributed by atoms with Gasteiger partial charge in [-0.2, -0.15) is 9.97 Å². The lowest BCUT2D eigenvalue weighted by Gasteiger charge is -2.12. The normalized spacial score (nSPS) is 10.5. The van der Waals surface area contributed by atoms with Gasteiger partial charge in [0, 0.05) is 24.3 Å². The first-order chi connectivity index (χ1) is 20.9. The van der Waals surface area contributed by atoms with E-state index in [2.05, 4.69) is 41.0 Å². The molecule has 4 rings (SSSR count). The van der Waals surface area contributed by atoms with E-state index in [0.29, 0.717) is 34.8 Å². The van der Waals surface area contributed by atoms with E-state index in [1.54, 1.807) is 43.3 Å². The van der Waals surface area contributed by atoms with E-state index >= 15 is 0 Å². The van der Waals surface area contributed by atoms with E-state index in [9.17, 15) is 9.59 Å². The summed E-state index contributed by atoms with van der Waals surface area (Å²) < 4.78 is 16.0. The topological polar surface area (TPSA) is 189 Å². The van der Waals surface area contributed by atoms with Crippen LogP contribution in [0.3, 0.4) is 0 Å². The molecule has 0 aliphatic carbocycles. The Morgan fingerprint density at radius 3 is 1.66 bits per heavy atom. The number of nitrogens with one attached hydrogen (secondary N) is 2. The Balaban J connectivity index is 0.000000241. The predicted molar refractivity (Wildman–Crippen MR) is 165 cm³/mol. The van der Waals surface area contributed by atoms with Crippen LogP contribution in [0.5, 0.6) is 11.8 Å². The number of esters is 1. The maximum absolute atomic E-state index is 11.9. The number of anilines is 4. The van der Waals surface area contributed by atoms with Gasteiger partial charge in [-0.25, -0.2) is 4.79 Å². The fourth-order valence-electron chi connectivity index (χ4n) is 3.32. The van der Waals surface area contributed by atoms with Gasteiger partial charge in [0.15, 0.2) is 21.7 Å². The fraction of sp³-hybridized carbons (Fsp3) is 0.286. The highest BCUT2D eigenvalue weighted by Crippen LogP contribution is 2.24. The third-order valence-electron chi connectivity index (χ3n) is 4.92. The van der Waals surface area contributed by atoms with E-state index in [0.717, 1.165) is 0 Å². The van der Waals surface area contributed by atoms with Crippen LogP contribution in [0.25, 0.3) is 0 Å². The van der Waals surface area contributed by atoms with Gasteiger partial charge < -0.3 is 30.6 Å². The van der Waals surface area contributed by atoms with Crippen LogP contribution in [0.15, 0.2) is 48.5 Å². The molecule has 0 saturated carbocycles. The number of hydrogen-bond donors (Lipinski definition) is 3. The summed E-state index contributed by atoms with van der Waals surface area (Å²) in [7, 11) is 0. The minimum absolute atomic E-state index is 0.00452. The second-order valence-electron chi connectivity index (χ2n) is 9.25. The van der Waals surface area contributed by atoms with Gasteiger partial charge in [-0.05, 0) is 46.8 Å². The molecule has 4 aromatic heterocycles. The Bertz CT molecular complexity index is 1590. The molecule has 0 spiro atoms. The first-order valence-corrected chi connectivity index (χ1v) is 14.1. The van der Waals surface area contributed by atoms with Crippen molar-refractivity contribution in [3.63, 3.8) is 0 Å². The van der Waals surface area contributed by atoms with Crippen LogP contribution in [-0.4, -0.2) is 61.1 Å². The van der Waals surface area contributed by atoms with E-state index in [-0.39, 0.29) is 40.5 Å². The zero-order chi connectivity index (χ0) is 32.2. The van der Waals surface area contributed by atoms with Crippen LogP contribution in [0, 0.1) is 0 Å². The standard InChI is InChI=1S/C15H17ClN4O3.C13H14ClN5O2/c1-4-22-15(21)14-10(8-11(16)19-20-14)17-12-6-5-7-13(18-12)23-9(2)3;1-7(2)21-11-5-3-4-10(17-11)16-8-6-9(14)18-19-12(8)13(15)20/h5-9H,4H2,1-3H3,(H,17,18,19);3-7H,1-2H3,(H2,15,20)(H,16,17,18). The molecule has 14 nitrogen and oxygen atoms in total. The summed E-state index contributed by atoms with van der Waals surface area (Å²) in [5.41, 5.74) is 5.95. The monoisotopic (exact) mass is 643 g/mol. The Kier molecular flexibility index (Phi) is 12.4. The number of nitrogens with zero attached hydrogens (tertiary/aromatic N) is 6. The SMILES string of the molecule is CC(C)Oc1cccc(Nc2cc(Cl)nnc2C(N)=O)n1.CCOC(=O)c1nnc(Cl)cc1Nc1cccc(OC(C)C)n1. The van der Waals surface area contributed by atoms with Crippen LogP contribution >= 0.6 is 23.2 Å². The van der Waals surface area contributed by atoms with E-state index < -0.39 is 11.9 Å². The van der Waals surface area contributed by atoms with Crippen molar-refractivity contribution < 1.29 is 23.8 Å². The van der Waals surface area contributed by atoms with Crippen LogP contribution in [0.1, 0.15) is 55.6 Å². The highest BCUT2D eigenvalue weighted by Gasteiger charge is 2.17. The summed E-state index contributed by atoms with van der Waals surface area (Å²) in [6.07, 6.45) is 0.0100. The van der Waals surface area contributed by atoms with Gasteiger partial charge in [-0.15, -0.1) is 20.4 Å². The number of aromatic nitrogens is 6. The molecule has 0 aliphatic heterocycles. The molecule has 0 radical (unpaired) electrons. The lowest BCUT2D eigenvalue weighted by atomic mass is 10.3. The summed E-state index contributed by atoms with van der Waals surface area (Å²) in [6, 6.07) is 13.4. The predicted octanol–water partition coefficient (Wildman–Crippen LogP) is 5.39. The smallest absolute Gasteiger partial charge is 0.361 e. The number of halogens is 2. The Labute approximate surface area is 263 Å². The summed E-state index contributed by atoms with van der Waals surface area (Å²) in [4.78, 5) is 31.8. The molecule has 4 N–H and O–H groups in total. The molecule has 4 aromatic rings. The van der Waals surface area contributed by atoms with E-state index in [1.165, 1.54) is 12.1 Å². The number of primary amides is 1. The summed E-state index contributed by atoms with van der Waals surface area (Å²) in [6.45, 7) is 9.57. The average molecular weight is 645 g/mol. The summed E-state index contributed by atoms with van der Waals surface area (Å²) in [5, 5.41) is 20.9. The number of ether oxygens (including phenoxy) is 3. The molecule has 44 heavy (non-hydrogen) atoms. The molecule has 4 heterocycles. The molecule has 232 valence electrons. The van der Waals surface area contributed by atoms with Crippen molar-refractivity contribution in [3.05, 3.63) is 70.2 Å². The van der Waals surface area contributed by atoms with Crippen molar-refractivity contribution in [1.29, 1.82) is 0 Å². The molecule has 0 bridgehead atoms. The fourth-order valence-corrected chi connectivity index (χ4v) is 3.61. The lowest BCUT2D eigenvalue weighted by Crippen LogP contribution is -2.16. The molecule has 0 aliphatic rings. The van der Waals surface area contributed by atoms with Crippen LogP contribution < -0.4 is 25.8 Å². The second kappa shape index (κ2) is 16.1. The number of nitrogens with two attached hydrogens (primary N) is 1. The van der Waals surface area contributed by atoms with Gasteiger partial charge >= 0.3 is 5.97 Å².